The van der Waals surface area contributed by atoms with Crippen LogP contribution < -0.4 is 31.6 Å². The minimum atomic E-state index is -3.07. The molecular weight excluding hydrogens is 538 g/mol. The molecule has 1 unspecified atom stereocenters. The van der Waals surface area contributed by atoms with Crippen molar-refractivity contribution < 1.29 is 41.0 Å². The second-order valence-electron chi connectivity index (χ2n) is 9.25. The molecule has 6 N–H and O–H groups in total. The van der Waals surface area contributed by atoms with Gasteiger partial charge in [0.2, 0.25) is 5.89 Å². The maximum Gasteiger partial charge on any atom is 0.387 e. The van der Waals surface area contributed by atoms with Crippen molar-refractivity contribution in [1.29, 1.82) is 0 Å². The zero-order chi connectivity index (χ0) is 29.0. The molecule has 0 spiro atoms. The number of nitrogens with zero attached hydrogens (tertiary/aromatic N) is 1. The summed E-state index contributed by atoms with van der Waals surface area (Å²) in [4.78, 5) is 28.8. The molecule has 1 aromatic heterocycles. The summed E-state index contributed by atoms with van der Waals surface area (Å²) >= 11 is 0. The van der Waals surface area contributed by atoms with Gasteiger partial charge in [0.15, 0.2) is 23.0 Å². The van der Waals surface area contributed by atoms with Gasteiger partial charge in [-0.05, 0) is 49.9 Å². The molecule has 1 aliphatic carbocycles. The van der Waals surface area contributed by atoms with Crippen molar-refractivity contribution in [3.63, 3.8) is 0 Å². The summed E-state index contributed by atoms with van der Waals surface area (Å²) in [6, 6.07) is 3.88. The minimum Gasteiger partial charge on any atom is -0.489 e. The topological polar surface area (TPSA) is 155 Å². The molecule has 3 aromatic rings. The average molecular weight is 566 g/mol. The average Bonchev–Trinajstić information content (AvgIpc) is 3.60. The molecule has 1 heterocycles. The largest absolute Gasteiger partial charge is 0.489 e. The summed E-state index contributed by atoms with van der Waals surface area (Å²) in [5.41, 5.74) is 11.0. The lowest BCUT2D eigenvalue weighted by Crippen LogP contribution is -2.40. The smallest absolute Gasteiger partial charge is 0.387 e. The monoisotopic (exact) mass is 565 g/mol. The highest BCUT2D eigenvalue weighted by Crippen LogP contribution is 2.37. The Morgan fingerprint density at radius 1 is 1.15 bits per heavy atom. The third kappa shape index (κ3) is 7.20. The fourth-order valence-corrected chi connectivity index (χ4v) is 3.82. The van der Waals surface area contributed by atoms with Gasteiger partial charge in [-0.3, -0.25) is 4.79 Å². The highest BCUT2D eigenvalue weighted by Gasteiger charge is 2.28. The Kier molecular flexibility index (Phi) is 8.77. The zero-order valence-corrected chi connectivity index (χ0v) is 21.3. The summed E-state index contributed by atoms with van der Waals surface area (Å²) in [7, 11) is 0. The fraction of sp³-hybridized carbons (Fsp3) is 0.346. The molecule has 1 fully saturated rings. The van der Waals surface area contributed by atoms with E-state index in [2.05, 4.69) is 20.4 Å². The van der Waals surface area contributed by atoms with Gasteiger partial charge < -0.3 is 36.0 Å². The standard InChI is InChI=1S/C26H27F4N5O5/c1-12(31)22-21(23(36)34-18(10-33-26(32)37)16-6-5-15(27)9-17(16)28)35-24(40-22)14-4-7-19(39-25(29)30)20(8-14)38-11-13-2-3-13/h4-9,12-13,18,25H,2-3,10-11,31H2,1H3,(H,34,36)(H3,32,33,37)/t12-,18?/m0/s1. The third-order valence-corrected chi connectivity index (χ3v) is 5.98. The summed E-state index contributed by atoms with van der Waals surface area (Å²) < 4.78 is 69.8. The first-order valence-corrected chi connectivity index (χ1v) is 12.3. The summed E-state index contributed by atoms with van der Waals surface area (Å²) in [5, 5.41) is 4.81. The van der Waals surface area contributed by atoms with Crippen LogP contribution in [0.2, 0.25) is 0 Å². The first kappa shape index (κ1) is 28.7. The molecule has 0 bridgehead atoms. The minimum absolute atomic E-state index is 0.0259. The molecular formula is C26H27F4N5O5. The van der Waals surface area contributed by atoms with Gasteiger partial charge in [0, 0.05) is 23.7 Å². The van der Waals surface area contributed by atoms with Crippen LogP contribution in [0.4, 0.5) is 22.4 Å². The van der Waals surface area contributed by atoms with Gasteiger partial charge in [0.25, 0.3) is 5.91 Å². The van der Waals surface area contributed by atoms with Crippen molar-refractivity contribution in [2.75, 3.05) is 13.2 Å². The molecule has 4 rings (SSSR count). The number of oxazole rings is 1. The zero-order valence-electron chi connectivity index (χ0n) is 21.3. The molecule has 0 aliphatic heterocycles. The second-order valence-corrected chi connectivity index (χ2v) is 9.25. The van der Waals surface area contributed by atoms with E-state index in [1.165, 1.54) is 25.1 Å². The van der Waals surface area contributed by atoms with Gasteiger partial charge in [-0.2, -0.15) is 8.78 Å². The molecule has 0 saturated heterocycles. The predicted octanol–water partition coefficient (Wildman–Crippen LogP) is 4.17. The van der Waals surface area contributed by atoms with E-state index in [9.17, 15) is 27.2 Å². The number of benzene rings is 2. The number of carbonyl (C=O) groups is 2. The number of aromatic nitrogens is 1. The number of rotatable bonds is 12. The summed E-state index contributed by atoms with van der Waals surface area (Å²) in [5.74, 6) is -2.55. The fourth-order valence-electron chi connectivity index (χ4n) is 3.82. The van der Waals surface area contributed by atoms with Crippen LogP contribution >= 0.6 is 0 Å². The highest BCUT2D eigenvalue weighted by atomic mass is 19.3. The quantitative estimate of drug-likeness (QED) is 0.240. The number of hydrogen-bond acceptors (Lipinski definition) is 7. The normalized spacial score (nSPS) is 14.5. The van der Waals surface area contributed by atoms with Crippen LogP contribution in [0.15, 0.2) is 40.8 Å². The Morgan fingerprint density at radius 2 is 1.90 bits per heavy atom. The van der Waals surface area contributed by atoms with E-state index in [4.69, 9.17) is 20.6 Å². The molecule has 2 aromatic carbocycles. The highest BCUT2D eigenvalue weighted by molar-refractivity contribution is 5.94. The van der Waals surface area contributed by atoms with Crippen LogP contribution in [0, 0.1) is 17.6 Å². The number of nitrogens with two attached hydrogens (primary N) is 2. The molecule has 3 amide bonds. The van der Waals surface area contributed by atoms with Crippen molar-refractivity contribution in [1.82, 2.24) is 15.6 Å². The van der Waals surface area contributed by atoms with Crippen LogP contribution in [0.1, 0.15) is 53.7 Å². The van der Waals surface area contributed by atoms with Crippen molar-refractivity contribution in [2.45, 2.75) is 38.5 Å². The number of primary amides is 1. The molecule has 1 aliphatic rings. The molecule has 214 valence electrons. The van der Waals surface area contributed by atoms with E-state index >= 15 is 0 Å². The number of urea groups is 1. The number of carbonyl (C=O) groups excluding carboxylic acids is 2. The SMILES string of the molecule is C[C@H](N)c1oc(-c2ccc(OC(F)F)c(OCC3CC3)c2)nc1C(=O)NC(CNC(N)=O)c1ccc(F)cc1F. The Bertz CT molecular complexity index is 1380. The maximum atomic E-state index is 14.5. The van der Waals surface area contributed by atoms with E-state index < -0.39 is 42.3 Å². The van der Waals surface area contributed by atoms with Crippen molar-refractivity contribution in [3.8, 4) is 23.0 Å². The lowest BCUT2D eigenvalue weighted by molar-refractivity contribution is -0.0515. The van der Waals surface area contributed by atoms with Crippen LogP contribution in [-0.4, -0.2) is 36.7 Å². The Labute approximate surface area is 226 Å². The lowest BCUT2D eigenvalue weighted by atomic mass is 10.1. The van der Waals surface area contributed by atoms with Gasteiger partial charge in [0.1, 0.15) is 11.6 Å². The van der Waals surface area contributed by atoms with Gasteiger partial charge in [-0.15, -0.1) is 0 Å². The number of alkyl halides is 2. The maximum absolute atomic E-state index is 14.5. The van der Waals surface area contributed by atoms with Gasteiger partial charge in [0.05, 0.1) is 18.7 Å². The summed E-state index contributed by atoms with van der Waals surface area (Å²) in [6.07, 6.45) is 1.94. The Balaban J connectivity index is 1.64. The number of amides is 3. The number of halogens is 4. The molecule has 1 saturated carbocycles. The predicted molar refractivity (Wildman–Crippen MR) is 134 cm³/mol. The lowest BCUT2D eigenvalue weighted by Gasteiger charge is -2.20. The third-order valence-electron chi connectivity index (χ3n) is 5.98. The van der Waals surface area contributed by atoms with E-state index in [1.807, 2.05) is 0 Å². The van der Waals surface area contributed by atoms with Gasteiger partial charge in [-0.1, -0.05) is 6.07 Å². The molecule has 2 atom stereocenters. The van der Waals surface area contributed by atoms with Crippen LogP contribution in [0.5, 0.6) is 11.5 Å². The molecule has 10 nitrogen and oxygen atoms in total. The first-order valence-electron chi connectivity index (χ1n) is 12.3. The van der Waals surface area contributed by atoms with Crippen molar-refractivity contribution in [2.24, 2.45) is 17.4 Å². The van der Waals surface area contributed by atoms with E-state index in [0.29, 0.717) is 18.6 Å². The number of nitrogens with one attached hydrogen (secondary N) is 2. The second kappa shape index (κ2) is 12.2. The molecule has 14 heteroatoms. The first-order chi connectivity index (χ1) is 19.0. The van der Waals surface area contributed by atoms with E-state index in [0.717, 1.165) is 25.0 Å². The van der Waals surface area contributed by atoms with Crippen LogP contribution in [0.25, 0.3) is 11.5 Å². The van der Waals surface area contributed by atoms with Crippen LogP contribution in [0.3, 0.4) is 0 Å². The van der Waals surface area contributed by atoms with Crippen LogP contribution in [-0.2, 0) is 0 Å². The summed E-state index contributed by atoms with van der Waals surface area (Å²) in [6.45, 7) is -1.54. The molecule has 0 radical (unpaired) electrons. The Hall–Kier alpha value is -4.33. The van der Waals surface area contributed by atoms with E-state index in [-0.39, 0.29) is 46.5 Å². The molecule has 40 heavy (non-hydrogen) atoms. The van der Waals surface area contributed by atoms with E-state index in [1.54, 1.807) is 0 Å². The van der Waals surface area contributed by atoms with Crippen molar-refractivity contribution >= 4 is 11.9 Å². The van der Waals surface area contributed by atoms with Gasteiger partial charge in [-0.25, -0.2) is 18.6 Å². The van der Waals surface area contributed by atoms with Crippen molar-refractivity contribution in [3.05, 3.63) is 65.1 Å². The van der Waals surface area contributed by atoms with Gasteiger partial charge >= 0.3 is 12.6 Å². The Morgan fingerprint density at radius 3 is 2.52 bits per heavy atom. The number of hydrogen-bond donors (Lipinski definition) is 4. The number of ether oxygens (including phenoxy) is 2.